The van der Waals surface area contributed by atoms with Gasteiger partial charge in [-0.05, 0) is 31.5 Å². The monoisotopic (exact) mass is 312 g/mol. The number of halogens is 1. The Kier molecular flexibility index (Phi) is 4.07. The molecule has 3 rings (SSSR count). The van der Waals surface area contributed by atoms with Crippen LogP contribution in [0.25, 0.3) is 0 Å². The number of rotatable bonds is 1. The van der Waals surface area contributed by atoms with E-state index in [0.717, 1.165) is 32.8 Å². The smallest absolute Gasteiger partial charge is 0.0642 e. The zero-order valence-corrected chi connectivity index (χ0v) is 12.3. The highest BCUT2D eigenvalue weighted by Gasteiger charge is 2.29. The molecule has 0 bridgehead atoms. The van der Waals surface area contributed by atoms with Crippen LogP contribution in [-0.2, 0) is 4.74 Å². The van der Waals surface area contributed by atoms with Crippen molar-refractivity contribution in [2.75, 3.05) is 32.8 Å². The lowest BCUT2D eigenvalue weighted by atomic mass is 9.90. The largest absolute Gasteiger partial charge is 0.378 e. The van der Waals surface area contributed by atoms with Gasteiger partial charge in [0.25, 0.3) is 0 Å². The van der Waals surface area contributed by atoms with E-state index >= 15 is 0 Å². The molecule has 2 heterocycles. The van der Waals surface area contributed by atoms with E-state index < -0.39 is 0 Å². The molecule has 4 heteroatoms. The van der Waals surface area contributed by atoms with Gasteiger partial charge in [-0.3, -0.25) is 0 Å². The first kappa shape index (κ1) is 12.7. The van der Waals surface area contributed by atoms with Gasteiger partial charge in [0, 0.05) is 35.2 Å². The molecule has 2 fully saturated rings. The van der Waals surface area contributed by atoms with E-state index in [2.05, 4.69) is 38.3 Å². The molecule has 0 radical (unpaired) electrons. The number of fused-ring (bicyclic) bond motifs is 1. The number of nitrogens with zero attached hydrogens (tertiary/aromatic N) is 1. The molecule has 3 nitrogen and oxygen atoms in total. The molecular formula is C14H21BrN2O. The first-order valence-electron chi connectivity index (χ1n) is 6.99. The van der Waals surface area contributed by atoms with E-state index in [-0.39, 0.29) is 0 Å². The third kappa shape index (κ3) is 2.65. The number of ether oxygens (including phenoxy) is 1. The quantitative estimate of drug-likeness (QED) is 0.804. The normalized spacial score (nSPS) is 33.3. The van der Waals surface area contributed by atoms with E-state index in [1.807, 2.05) is 0 Å². The average molecular weight is 313 g/mol. The second-order valence-electron chi connectivity index (χ2n) is 5.30. The lowest BCUT2D eigenvalue weighted by molar-refractivity contribution is 0.0548. The van der Waals surface area contributed by atoms with E-state index in [1.165, 1.54) is 29.4 Å². The molecule has 2 atom stereocenters. The molecule has 2 unspecified atom stereocenters. The molecule has 0 amide bonds. The minimum atomic E-state index is 0.504. The Morgan fingerprint density at radius 1 is 1.28 bits per heavy atom. The molecule has 2 saturated heterocycles. The van der Waals surface area contributed by atoms with Gasteiger partial charge < -0.3 is 15.0 Å². The minimum Gasteiger partial charge on any atom is -0.378 e. The number of hydrogen-bond donors (Lipinski definition) is 1. The zero-order valence-electron chi connectivity index (χ0n) is 10.7. The van der Waals surface area contributed by atoms with Crippen molar-refractivity contribution in [3.8, 4) is 0 Å². The summed E-state index contributed by atoms with van der Waals surface area (Å²) in [6, 6.07) is 0.504. The number of nitrogens with one attached hydrogen (secondary N) is 1. The Hall–Kier alpha value is -0.320. The van der Waals surface area contributed by atoms with E-state index in [0.29, 0.717) is 12.0 Å². The third-order valence-electron chi connectivity index (χ3n) is 4.12. The van der Waals surface area contributed by atoms with Crippen molar-refractivity contribution in [3.63, 3.8) is 0 Å². The minimum absolute atomic E-state index is 0.504. The van der Waals surface area contributed by atoms with Gasteiger partial charge in [-0.25, -0.2) is 0 Å². The van der Waals surface area contributed by atoms with Crippen LogP contribution < -0.4 is 5.32 Å². The zero-order chi connectivity index (χ0) is 12.4. The predicted octanol–water partition coefficient (Wildman–Crippen LogP) is 2.25. The number of allylic oxidation sites excluding steroid dienone is 1. The molecule has 18 heavy (non-hydrogen) atoms. The van der Waals surface area contributed by atoms with Crippen LogP contribution >= 0.6 is 15.9 Å². The Labute approximate surface area is 117 Å². The Balaban J connectivity index is 1.78. The Morgan fingerprint density at radius 3 is 2.94 bits per heavy atom. The molecule has 0 spiro atoms. The van der Waals surface area contributed by atoms with Gasteiger partial charge in [-0.2, -0.15) is 0 Å². The Bertz CT molecular complexity index is 361. The maximum atomic E-state index is 5.43. The molecule has 2 aliphatic heterocycles. The highest BCUT2D eigenvalue weighted by molar-refractivity contribution is 9.11. The molecule has 1 aliphatic carbocycles. The standard InChI is InChI=1S/C14H21BrN2O/c15-13-9-11(17-5-7-18-8-6-17)10-14-12(13)3-1-2-4-16-14/h9-10,12,14,16H,1-8H2. The fraction of sp³-hybridized carbons (Fsp3) is 0.714. The van der Waals surface area contributed by atoms with E-state index in [4.69, 9.17) is 4.74 Å². The summed E-state index contributed by atoms with van der Waals surface area (Å²) >= 11 is 3.79. The molecule has 0 aromatic heterocycles. The molecular weight excluding hydrogens is 292 g/mol. The van der Waals surface area contributed by atoms with Gasteiger partial charge in [0.1, 0.15) is 0 Å². The lowest BCUT2D eigenvalue weighted by Crippen LogP contribution is -2.40. The summed E-state index contributed by atoms with van der Waals surface area (Å²) in [6.45, 7) is 4.88. The van der Waals surface area contributed by atoms with Crippen molar-refractivity contribution in [3.05, 3.63) is 22.3 Å². The first-order valence-corrected chi connectivity index (χ1v) is 7.79. The molecule has 0 saturated carbocycles. The van der Waals surface area contributed by atoms with Gasteiger partial charge in [-0.1, -0.05) is 22.4 Å². The second kappa shape index (κ2) is 5.76. The van der Waals surface area contributed by atoms with Crippen LogP contribution in [0.5, 0.6) is 0 Å². The van der Waals surface area contributed by atoms with Crippen molar-refractivity contribution >= 4 is 15.9 Å². The summed E-state index contributed by atoms with van der Waals surface area (Å²) in [7, 11) is 0. The van der Waals surface area contributed by atoms with Crippen molar-refractivity contribution < 1.29 is 4.74 Å². The summed E-state index contributed by atoms with van der Waals surface area (Å²) in [5.74, 6) is 0.636. The SMILES string of the molecule is BrC1=CC(N2CCOCC2)=CC2NCCCCC12. The van der Waals surface area contributed by atoms with Crippen molar-refractivity contribution in [2.45, 2.75) is 25.3 Å². The molecule has 1 N–H and O–H groups in total. The van der Waals surface area contributed by atoms with Crippen LogP contribution in [0.1, 0.15) is 19.3 Å². The summed E-state index contributed by atoms with van der Waals surface area (Å²) in [5.41, 5.74) is 1.36. The summed E-state index contributed by atoms with van der Waals surface area (Å²) in [6.07, 6.45) is 8.67. The Morgan fingerprint density at radius 2 is 2.11 bits per heavy atom. The molecule has 0 aromatic carbocycles. The summed E-state index contributed by atoms with van der Waals surface area (Å²) in [5, 5.41) is 3.68. The van der Waals surface area contributed by atoms with Gasteiger partial charge in [0.2, 0.25) is 0 Å². The van der Waals surface area contributed by atoms with Crippen molar-refractivity contribution in [2.24, 2.45) is 5.92 Å². The lowest BCUT2D eigenvalue weighted by Gasteiger charge is -2.35. The topological polar surface area (TPSA) is 24.5 Å². The van der Waals surface area contributed by atoms with E-state index in [9.17, 15) is 0 Å². The average Bonchev–Trinajstić information content (AvgIpc) is 2.65. The van der Waals surface area contributed by atoms with Crippen LogP contribution in [-0.4, -0.2) is 43.8 Å². The summed E-state index contributed by atoms with van der Waals surface area (Å²) in [4.78, 5) is 2.44. The van der Waals surface area contributed by atoms with Gasteiger partial charge in [0.05, 0.1) is 13.2 Å². The van der Waals surface area contributed by atoms with Gasteiger partial charge in [-0.15, -0.1) is 0 Å². The number of hydrogen-bond acceptors (Lipinski definition) is 3. The molecule has 100 valence electrons. The highest BCUT2D eigenvalue weighted by Crippen LogP contribution is 2.34. The van der Waals surface area contributed by atoms with Crippen LogP contribution in [0, 0.1) is 5.92 Å². The number of morpholine rings is 1. The van der Waals surface area contributed by atoms with Crippen LogP contribution in [0.4, 0.5) is 0 Å². The van der Waals surface area contributed by atoms with Crippen LogP contribution in [0.3, 0.4) is 0 Å². The fourth-order valence-corrected chi connectivity index (χ4v) is 3.81. The third-order valence-corrected chi connectivity index (χ3v) is 4.94. The highest BCUT2D eigenvalue weighted by atomic mass is 79.9. The predicted molar refractivity (Wildman–Crippen MR) is 76.6 cm³/mol. The van der Waals surface area contributed by atoms with Gasteiger partial charge >= 0.3 is 0 Å². The van der Waals surface area contributed by atoms with Crippen molar-refractivity contribution in [1.29, 1.82) is 0 Å². The maximum Gasteiger partial charge on any atom is 0.0642 e. The van der Waals surface area contributed by atoms with Gasteiger partial charge in [0.15, 0.2) is 0 Å². The second-order valence-corrected chi connectivity index (χ2v) is 6.22. The van der Waals surface area contributed by atoms with E-state index in [1.54, 1.807) is 0 Å². The van der Waals surface area contributed by atoms with Crippen molar-refractivity contribution in [1.82, 2.24) is 10.2 Å². The van der Waals surface area contributed by atoms with Crippen LogP contribution in [0.15, 0.2) is 22.3 Å². The molecule has 3 aliphatic rings. The maximum absolute atomic E-state index is 5.43. The van der Waals surface area contributed by atoms with Crippen LogP contribution in [0.2, 0.25) is 0 Å². The first-order chi connectivity index (χ1) is 8.84. The summed E-state index contributed by atoms with van der Waals surface area (Å²) < 4.78 is 6.79. The fourth-order valence-electron chi connectivity index (χ4n) is 3.06. The molecule has 0 aromatic rings.